The fourth-order valence-corrected chi connectivity index (χ4v) is 4.00. The second-order valence-electron chi connectivity index (χ2n) is 7.32. The molecule has 1 aliphatic heterocycles. The lowest BCUT2D eigenvalue weighted by atomic mass is 9.84. The number of methoxy groups -OCH3 is 1. The molecule has 4 rings (SSSR count). The van der Waals surface area contributed by atoms with E-state index in [1.54, 1.807) is 12.0 Å². The fourth-order valence-electron chi connectivity index (χ4n) is 4.00. The molecule has 30 heavy (non-hydrogen) atoms. The normalized spacial score (nSPS) is 14.0. The van der Waals surface area contributed by atoms with Gasteiger partial charge >= 0.3 is 0 Å². The van der Waals surface area contributed by atoms with Crippen molar-refractivity contribution in [3.8, 4) is 5.75 Å². The lowest BCUT2D eigenvalue weighted by Gasteiger charge is -2.28. The molecule has 0 bridgehead atoms. The molecule has 1 fully saturated rings. The molecular formula is C25H24N2O3. The Morgan fingerprint density at radius 1 is 0.900 bits per heavy atom. The number of ether oxygens (including phenoxy) is 1. The molecule has 1 heterocycles. The highest BCUT2D eigenvalue weighted by atomic mass is 16.5. The molecule has 2 amide bonds. The molecule has 0 atom stereocenters. The van der Waals surface area contributed by atoms with E-state index in [-0.39, 0.29) is 30.8 Å². The van der Waals surface area contributed by atoms with E-state index in [0.717, 1.165) is 28.0 Å². The second kappa shape index (κ2) is 8.82. The fraction of sp³-hybridized carbons (Fsp3) is 0.200. The number of hydrogen-bond acceptors (Lipinski definition) is 3. The Bertz CT molecular complexity index is 995. The van der Waals surface area contributed by atoms with Crippen molar-refractivity contribution >= 4 is 11.8 Å². The summed E-state index contributed by atoms with van der Waals surface area (Å²) >= 11 is 0. The smallest absolute Gasteiger partial charge is 0.242 e. The summed E-state index contributed by atoms with van der Waals surface area (Å²) in [5.41, 5.74) is 4.23. The van der Waals surface area contributed by atoms with E-state index < -0.39 is 0 Å². The standard InChI is InChI=1S/C25H24N2O3/c1-30-25-20(16-27-17-22(28)26-15-23(27)29)13-8-14-21(25)24(18-9-4-2-5-10-18)19-11-6-3-7-12-19/h2-14,24H,15-17H2,1H3,(H,26,28). The molecule has 0 radical (unpaired) electrons. The van der Waals surface area contributed by atoms with E-state index in [1.807, 2.05) is 48.5 Å². The van der Waals surface area contributed by atoms with E-state index in [2.05, 4.69) is 35.6 Å². The van der Waals surface area contributed by atoms with Crippen molar-refractivity contribution in [2.75, 3.05) is 20.2 Å². The van der Waals surface area contributed by atoms with Gasteiger partial charge in [0.05, 0.1) is 20.2 Å². The first-order valence-corrected chi connectivity index (χ1v) is 9.97. The van der Waals surface area contributed by atoms with Crippen LogP contribution >= 0.6 is 0 Å². The zero-order valence-electron chi connectivity index (χ0n) is 16.9. The van der Waals surface area contributed by atoms with E-state index in [0.29, 0.717) is 6.54 Å². The highest BCUT2D eigenvalue weighted by Gasteiger charge is 2.26. The lowest BCUT2D eigenvalue weighted by molar-refractivity contribution is -0.141. The maximum Gasteiger partial charge on any atom is 0.242 e. The summed E-state index contributed by atoms with van der Waals surface area (Å²) in [7, 11) is 1.65. The number of nitrogens with one attached hydrogen (secondary N) is 1. The van der Waals surface area contributed by atoms with Crippen LogP contribution in [0.25, 0.3) is 0 Å². The van der Waals surface area contributed by atoms with Crippen LogP contribution < -0.4 is 10.1 Å². The molecule has 1 aliphatic rings. The monoisotopic (exact) mass is 400 g/mol. The van der Waals surface area contributed by atoms with Crippen LogP contribution in [0.15, 0.2) is 78.9 Å². The Kier molecular flexibility index (Phi) is 5.80. The average molecular weight is 400 g/mol. The minimum atomic E-state index is -0.142. The minimum Gasteiger partial charge on any atom is -0.496 e. The van der Waals surface area contributed by atoms with Gasteiger partial charge in [0.2, 0.25) is 11.8 Å². The number of nitrogens with zero attached hydrogens (tertiary/aromatic N) is 1. The first kappa shape index (κ1) is 19.7. The number of carbonyl (C=O) groups is 2. The van der Waals surface area contributed by atoms with Gasteiger partial charge in [0, 0.05) is 23.6 Å². The maximum absolute atomic E-state index is 12.3. The van der Waals surface area contributed by atoms with Crippen molar-refractivity contribution in [1.82, 2.24) is 10.2 Å². The molecule has 3 aromatic rings. The topological polar surface area (TPSA) is 58.6 Å². The molecule has 5 heteroatoms. The van der Waals surface area contributed by atoms with Crippen molar-refractivity contribution < 1.29 is 14.3 Å². The van der Waals surface area contributed by atoms with Crippen LogP contribution in [0.2, 0.25) is 0 Å². The van der Waals surface area contributed by atoms with E-state index in [9.17, 15) is 9.59 Å². The minimum absolute atomic E-state index is 0.0114. The highest BCUT2D eigenvalue weighted by Crippen LogP contribution is 2.39. The molecule has 0 saturated carbocycles. The molecule has 3 aromatic carbocycles. The van der Waals surface area contributed by atoms with Crippen LogP contribution in [-0.4, -0.2) is 36.9 Å². The summed E-state index contributed by atoms with van der Waals surface area (Å²) in [6.45, 7) is 0.435. The second-order valence-corrected chi connectivity index (χ2v) is 7.32. The molecule has 0 aromatic heterocycles. The number of carbonyl (C=O) groups excluding carboxylic acids is 2. The van der Waals surface area contributed by atoms with Crippen LogP contribution in [0, 0.1) is 0 Å². The van der Waals surface area contributed by atoms with Crippen molar-refractivity contribution in [1.29, 1.82) is 0 Å². The quantitative estimate of drug-likeness (QED) is 0.646. The first-order valence-electron chi connectivity index (χ1n) is 9.97. The Labute approximate surface area is 176 Å². The molecule has 0 unspecified atom stereocenters. The van der Waals surface area contributed by atoms with Crippen molar-refractivity contribution in [3.05, 3.63) is 101 Å². The Balaban J connectivity index is 1.78. The molecule has 152 valence electrons. The molecular weight excluding hydrogens is 376 g/mol. The van der Waals surface area contributed by atoms with Crippen LogP contribution in [0.1, 0.15) is 28.2 Å². The number of para-hydroxylation sites is 1. The number of hydrogen-bond donors (Lipinski definition) is 1. The molecule has 1 N–H and O–H groups in total. The number of benzene rings is 3. The van der Waals surface area contributed by atoms with Crippen molar-refractivity contribution in [3.63, 3.8) is 0 Å². The third-order valence-electron chi connectivity index (χ3n) is 5.39. The predicted octanol–water partition coefficient (Wildman–Crippen LogP) is 3.33. The lowest BCUT2D eigenvalue weighted by Crippen LogP contribution is -2.51. The summed E-state index contributed by atoms with van der Waals surface area (Å²) in [5.74, 6) is 0.498. The van der Waals surface area contributed by atoms with Gasteiger partial charge in [-0.3, -0.25) is 9.59 Å². The third kappa shape index (κ3) is 4.06. The van der Waals surface area contributed by atoms with Crippen LogP contribution in [0.4, 0.5) is 0 Å². The maximum atomic E-state index is 12.3. The first-order chi connectivity index (χ1) is 14.7. The Hall–Kier alpha value is -3.60. The third-order valence-corrected chi connectivity index (χ3v) is 5.39. The average Bonchev–Trinajstić information content (AvgIpc) is 2.78. The summed E-state index contributed by atoms with van der Waals surface area (Å²) in [4.78, 5) is 25.6. The summed E-state index contributed by atoms with van der Waals surface area (Å²) in [6, 6.07) is 26.6. The Morgan fingerprint density at radius 2 is 1.53 bits per heavy atom. The van der Waals surface area contributed by atoms with Gasteiger partial charge in [0.15, 0.2) is 0 Å². The summed E-state index contributed by atoms with van der Waals surface area (Å²) < 4.78 is 5.87. The van der Waals surface area contributed by atoms with Gasteiger partial charge in [-0.2, -0.15) is 0 Å². The Morgan fingerprint density at radius 3 is 2.13 bits per heavy atom. The van der Waals surface area contributed by atoms with E-state index in [4.69, 9.17) is 4.74 Å². The van der Waals surface area contributed by atoms with Crippen LogP contribution in [0.5, 0.6) is 5.75 Å². The van der Waals surface area contributed by atoms with Crippen molar-refractivity contribution in [2.24, 2.45) is 0 Å². The van der Waals surface area contributed by atoms with Gasteiger partial charge in [0.1, 0.15) is 5.75 Å². The van der Waals surface area contributed by atoms with Crippen LogP contribution in [-0.2, 0) is 16.1 Å². The molecule has 0 spiro atoms. The predicted molar refractivity (Wildman–Crippen MR) is 115 cm³/mol. The van der Waals surface area contributed by atoms with Crippen molar-refractivity contribution in [2.45, 2.75) is 12.5 Å². The van der Waals surface area contributed by atoms with Gasteiger partial charge in [-0.1, -0.05) is 78.9 Å². The van der Waals surface area contributed by atoms with Gasteiger partial charge in [0.25, 0.3) is 0 Å². The number of amides is 2. The summed E-state index contributed by atoms with van der Waals surface area (Å²) in [6.07, 6.45) is 0. The molecule has 0 aliphatic carbocycles. The number of piperazine rings is 1. The van der Waals surface area contributed by atoms with E-state index >= 15 is 0 Å². The number of rotatable bonds is 6. The zero-order chi connectivity index (χ0) is 20.9. The summed E-state index contributed by atoms with van der Waals surface area (Å²) in [5, 5.41) is 2.59. The highest BCUT2D eigenvalue weighted by molar-refractivity contribution is 5.92. The largest absolute Gasteiger partial charge is 0.496 e. The zero-order valence-corrected chi connectivity index (χ0v) is 16.9. The van der Waals surface area contributed by atoms with Crippen LogP contribution in [0.3, 0.4) is 0 Å². The molecule has 1 saturated heterocycles. The SMILES string of the molecule is COc1c(CN2CC(=O)NCC2=O)cccc1C(c1ccccc1)c1ccccc1. The van der Waals surface area contributed by atoms with Gasteiger partial charge in [-0.15, -0.1) is 0 Å². The van der Waals surface area contributed by atoms with Gasteiger partial charge in [-0.05, 0) is 11.1 Å². The molecule has 5 nitrogen and oxygen atoms in total. The van der Waals surface area contributed by atoms with Gasteiger partial charge < -0.3 is 15.0 Å². The van der Waals surface area contributed by atoms with Gasteiger partial charge in [-0.25, -0.2) is 0 Å². The van der Waals surface area contributed by atoms with E-state index in [1.165, 1.54) is 0 Å².